The highest BCUT2D eigenvalue weighted by molar-refractivity contribution is 8.00. The fraction of sp³-hybridized carbons (Fsp3) is 0.0625. The Morgan fingerprint density at radius 3 is 2.21 bits per heavy atom. The molecular weight excluding hydrogens is 569 g/mol. The van der Waals surface area contributed by atoms with Crippen molar-refractivity contribution in [2.75, 3.05) is 16.0 Å². The second-order valence-electron chi connectivity index (χ2n) is 9.05. The average molecular weight is 593 g/mol. The number of carbonyl (C=O) groups excluding carboxylic acids is 3. The van der Waals surface area contributed by atoms with E-state index in [-0.39, 0.29) is 29.0 Å². The Balaban J connectivity index is 1.38. The molecule has 1 unspecified atom stereocenters. The number of thiophene rings is 1. The van der Waals surface area contributed by atoms with E-state index in [1.165, 1.54) is 18.0 Å². The van der Waals surface area contributed by atoms with E-state index in [4.69, 9.17) is 4.42 Å². The molecule has 5 rings (SSSR count). The maximum Gasteiger partial charge on any atom is 0.291 e. The van der Waals surface area contributed by atoms with Crippen LogP contribution >= 0.6 is 23.1 Å². The summed E-state index contributed by atoms with van der Waals surface area (Å²) in [6, 6.07) is 30.8. The van der Waals surface area contributed by atoms with Crippen molar-refractivity contribution >= 4 is 57.2 Å². The number of nitrogens with one attached hydrogen (secondary N) is 3. The second kappa shape index (κ2) is 13.0. The number of nitriles is 1. The number of anilines is 3. The molecule has 42 heavy (non-hydrogen) atoms. The molecule has 10 heteroatoms. The Bertz CT molecular complexity index is 1760. The van der Waals surface area contributed by atoms with Crippen molar-refractivity contribution in [1.29, 1.82) is 5.26 Å². The smallest absolute Gasteiger partial charge is 0.291 e. The van der Waals surface area contributed by atoms with Crippen LogP contribution in [0.4, 0.5) is 16.4 Å². The number of nitrogens with zero attached hydrogens (tertiary/aromatic N) is 1. The van der Waals surface area contributed by atoms with E-state index < -0.39 is 5.25 Å². The molecule has 2 heterocycles. The molecule has 3 aromatic carbocycles. The Morgan fingerprint density at radius 2 is 1.52 bits per heavy atom. The van der Waals surface area contributed by atoms with Crippen LogP contribution in [0, 0.1) is 18.3 Å². The summed E-state index contributed by atoms with van der Waals surface area (Å²) >= 11 is 2.36. The van der Waals surface area contributed by atoms with Gasteiger partial charge in [0.05, 0.1) is 16.7 Å². The lowest BCUT2D eigenvalue weighted by molar-refractivity contribution is -0.115. The Labute approximate surface area is 250 Å². The number of hydrogen-bond donors (Lipinski definition) is 3. The number of rotatable bonds is 9. The highest BCUT2D eigenvalue weighted by Crippen LogP contribution is 2.39. The first kappa shape index (κ1) is 28.4. The van der Waals surface area contributed by atoms with Crippen LogP contribution < -0.4 is 16.0 Å². The first-order valence-electron chi connectivity index (χ1n) is 12.8. The van der Waals surface area contributed by atoms with Crippen molar-refractivity contribution in [3.63, 3.8) is 0 Å². The lowest BCUT2D eigenvalue weighted by Crippen LogP contribution is -2.19. The number of amides is 3. The minimum absolute atomic E-state index is 0.186. The lowest BCUT2D eigenvalue weighted by Gasteiger charge is -2.17. The van der Waals surface area contributed by atoms with E-state index in [0.29, 0.717) is 26.8 Å². The molecule has 0 aliphatic carbocycles. The van der Waals surface area contributed by atoms with Crippen LogP contribution in [-0.4, -0.2) is 17.7 Å². The molecule has 1 atom stereocenters. The van der Waals surface area contributed by atoms with Crippen molar-refractivity contribution in [3.05, 3.63) is 131 Å². The standard InChI is InChI=1S/C32H24N4O4S2/c1-20-25(19-33)32(42-27(20)30(38)34-22-12-6-3-7-13-22)36-31(39)28(21-10-4-2-5-11-21)41-24-15-8-14-23(18-24)35-29(37)26-16-9-17-40-26/h2-18,28H,1H3,(H,34,38)(H,35,37)(H,36,39). The largest absolute Gasteiger partial charge is 0.459 e. The summed E-state index contributed by atoms with van der Waals surface area (Å²) < 4.78 is 5.16. The van der Waals surface area contributed by atoms with Gasteiger partial charge in [0.25, 0.3) is 11.8 Å². The molecule has 0 aliphatic rings. The minimum atomic E-state index is -0.697. The van der Waals surface area contributed by atoms with Gasteiger partial charge in [-0.1, -0.05) is 54.6 Å². The third kappa shape index (κ3) is 6.61. The number of carbonyl (C=O) groups is 3. The summed E-state index contributed by atoms with van der Waals surface area (Å²) in [6.45, 7) is 1.69. The van der Waals surface area contributed by atoms with Crippen molar-refractivity contribution in [2.24, 2.45) is 0 Å². The highest BCUT2D eigenvalue weighted by atomic mass is 32.2. The Hall–Kier alpha value is -5.11. The predicted molar refractivity (Wildman–Crippen MR) is 165 cm³/mol. The van der Waals surface area contributed by atoms with Crippen LogP contribution in [0.15, 0.2) is 113 Å². The minimum Gasteiger partial charge on any atom is -0.459 e. The maximum atomic E-state index is 13.8. The molecule has 0 saturated heterocycles. The number of thioether (sulfide) groups is 1. The second-order valence-corrected chi connectivity index (χ2v) is 11.2. The van der Waals surface area contributed by atoms with Crippen molar-refractivity contribution < 1.29 is 18.8 Å². The van der Waals surface area contributed by atoms with Gasteiger partial charge in [-0.2, -0.15) is 5.26 Å². The van der Waals surface area contributed by atoms with Gasteiger partial charge in [-0.15, -0.1) is 23.1 Å². The molecule has 0 bridgehead atoms. The van der Waals surface area contributed by atoms with Gasteiger partial charge in [-0.05, 0) is 60.5 Å². The molecule has 8 nitrogen and oxygen atoms in total. The van der Waals surface area contributed by atoms with E-state index in [0.717, 1.165) is 21.8 Å². The topological polar surface area (TPSA) is 124 Å². The van der Waals surface area contributed by atoms with Gasteiger partial charge in [0.2, 0.25) is 5.91 Å². The molecule has 0 fully saturated rings. The summed E-state index contributed by atoms with van der Waals surface area (Å²) in [5.74, 6) is -0.915. The average Bonchev–Trinajstić information content (AvgIpc) is 3.65. The maximum absolute atomic E-state index is 13.8. The van der Waals surface area contributed by atoms with Crippen LogP contribution in [0.5, 0.6) is 0 Å². The van der Waals surface area contributed by atoms with E-state index in [1.54, 1.807) is 49.4 Å². The number of hydrogen-bond acceptors (Lipinski definition) is 7. The number of benzene rings is 3. The predicted octanol–water partition coefficient (Wildman–Crippen LogP) is 7.50. The molecule has 0 saturated carbocycles. The first-order chi connectivity index (χ1) is 20.4. The summed E-state index contributed by atoms with van der Waals surface area (Å²) in [5, 5.41) is 18.0. The van der Waals surface area contributed by atoms with E-state index in [9.17, 15) is 19.6 Å². The van der Waals surface area contributed by atoms with Crippen molar-refractivity contribution in [3.8, 4) is 6.07 Å². The van der Waals surface area contributed by atoms with Crippen LogP contribution in [0.25, 0.3) is 0 Å². The molecule has 0 aliphatic heterocycles. The zero-order valence-electron chi connectivity index (χ0n) is 22.3. The number of furan rings is 1. The molecule has 3 amide bonds. The van der Waals surface area contributed by atoms with Gasteiger partial charge in [0.1, 0.15) is 16.3 Å². The zero-order chi connectivity index (χ0) is 29.5. The van der Waals surface area contributed by atoms with Crippen LogP contribution in [0.2, 0.25) is 0 Å². The van der Waals surface area contributed by atoms with E-state index >= 15 is 0 Å². The third-order valence-corrected chi connectivity index (χ3v) is 8.62. The Morgan fingerprint density at radius 1 is 0.833 bits per heavy atom. The van der Waals surface area contributed by atoms with Gasteiger partial charge >= 0.3 is 0 Å². The Kier molecular flexibility index (Phi) is 8.82. The lowest BCUT2D eigenvalue weighted by atomic mass is 10.1. The third-order valence-electron chi connectivity index (χ3n) is 6.16. The van der Waals surface area contributed by atoms with Gasteiger partial charge in [-0.25, -0.2) is 0 Å². The first-order valence-corrected chi connectivity index (χ1v) is 14.5. The van der Waals surface area contributed by atoms with Crippen molar-refractivity contribution in [2.45, 2.75) is 17.1 Å². The fourth-order valence-corrected chi connectivity index (χ4v) is 6.26. The molecule has 0 spiro atoms. The summed E-state index contributed by atoms with van der Waals surface area (Å²) in [6.07, 6.45) is 1.43. The zero-order valence-corrected chi connectivity index (χ0v) is 23.9. The molecule has 3 N–H and O–H groups in total. The molecular formula is C32H24N4O4S2. The monoisotopic (exact) mass is 592 g/mol. The van der Waals surface area contributed by atoms with Crippen LogP contribution in [0.3, 0.4) is 0 Å². The fourth-order valence-electron chi connectivity index (χ4n) is 4.12. The van der Waals surface area contributed by atoms with Gasteiger partial charge in [0, 0.05) is 16.3 Å². The van der Waals surface area contributed by atoms with Crippen molar-refractivity contribution in [1.82, 2.24) is 0 Å². The SMILES string of the molecule is Cc1c(C(=O)Nc2ccccc2)sc(NC(=O)C(Sc2cccc(NC(=O)c3ccco3)c2)c2ccccc2)c1C#N. The normalized spacial score (nSPS) is 11.2. The molecule has 0 radical (unpaired) electrons. The summed E-state index contributed by atoms with van der Waals surface area (Å²) in [7, 11) is 0. The molecule has 208 valence electrons. The molecule has 2 aromatic heterocycles. The quantitative estimate of drug-likeness (QED) is 0.152. The number of para-hydroxylation sites is 1. The van der Waals surface area contributed by atoms with Crippen LogP contribution in [-0.2, 0) is 4.79 Å². The van der Waals surface area contributed by atoms with E-state index in [1.807, 2.05) is 54.6 Å². The van der Waals surface area contributed by atoms with Gasteiger partial charge in [-0.3, -0.25) is 14.4 Å². The summed E-state index contributed by atoms with van der Waals surface area (Å²) in [4.78, 5) is 40.3. The highest BCUT2D eigenvalue weighted by Gasteiger charge is 2.27. The van der Waals surface area contributed by atoms with E-state index in [2.05, 4.69) is 22.0 Å². The molecule has 5 aromatic rings. The van der Waals surface area contributed by atoms with Crippen LogP contribution in [0.1, 0.15) is 42.2 Å². The van der Waals surface area contributed by atoms with Gasteiger partial charge in [0.15, 0.2) is 5.76 Å². The van der Waals surface area contributed by atoms with Gasteiger partial charge < -0.3 is 20.4 Å². The summed E-state index contributed by atoms with van der Waals surface area (Å²) in [5.41, 5.74) is 2.66.